The van der Waals surface area contributed by atoms with Crippen molar-refractivity contribution >= 4 is 39.2 Å². The number of halogens is 3. The lowest BCUT2D eigenvalue weighted by molar-refractivity contribution is -0.141. The summed E-state index contributed by atoms with van der Waals surface area (Å²) >= 11 is 0. The lowest BCUT2D eigenvalue weighted by Gasteiger charge is -2.18. The summed E-state index contributed by atoms with van der Waals surface area (Å²) < 4.78 is 43.2. The van der Waals surface area contributed by atoms with Gasteiger partial charge in [0.1, 0.15) is 17.0 Å². The number of hydrogen-bond donors (Lipinski definition) is 3. The van der Waals surface area contributed by atoms with E-state index in [1.54, 1.807) is 73.3 Å². The monoisotopic (exact) mass is 550 g/mol. The van der Waals surface area contributed by atoms with Crippen molar-refractivity contribution in [3.63, 3.8) is 0 Å². The Kier molecular flexibility index (Phi) is 6.58. The zero-order valence-electron chi connectivity index (χ0n) is 21.7. The van der Waals surface area contributed by atoms with Crippen LogP contribution in [-0.2, 0) is 12.7 Å². The summed E-state index contributed by atoms with van der Waals surface area (Å²) in [7, 11) is 1.50. The van der Waals surface area contributed by atoms with E-state index in [1.807, 2.05) is 0 Å². The molecule has 206 valence electrons. The molecule has 0 saturated carbocycles. The molecule has 3 N–H and O–H groups in total. The van der Waals surface area contributed by atoms with Gasteiger partial charge in [0.2, 0.25) is 0 Å². The molecule has 0 aliphatic rings. The maximum atomic E-state index is 13.8. The van der Waals surface area contributed by atoms with Crippen LogP contribution in [0.3, 0.4) is 0 Å². The van der Waals surface area contributed by atoms with E-state index in [1.165, 1.54) is 13.1 Å². The largest absolute Gasteiger partial charge is 0.433 e. The zero-order valence-corrected chi connectivity index (χ0v) is 21.7. The summed E-state index contributed by atoms with van der Waals surface area (Å²) in [6.45, 7) is 3.56. The number of nitrogens with one attached hydrogen (secondary N) is 2. The molecule has 0 fully saturated rings. The molecule has 5 aromatic rings. The van der Waals surface area contributed by atoms with Crippen molar-refractivity contribution in [1.82, 2.24) is 19.3 Å². The van der Waals surface area contributed by atoms with Crippen molar-refractivity contribution < 1.29 is 23.1 Å². The van der Waals surface area contributed by atoms with Crippen molar-refractivity contribution in [3.05, 3.63) is 88.5 Å². The Bertz CT molecular complexity index is 1800. The van der Waals surface area contributed by atoms with Crippen LogP contribution in [0.15, 0.2) is 71.7 Å². The van der Waals surface area contributed by atoms with Gasteiger partial charge in [-0.15, -0.1) is 0 Å². The van der Waals surface area contributed by atoms with Gasteiger partial charge >= 0.3 is 6.18 Å². The molecule has 0 aliphatic carbocycles. The molecule has 5 rings (SSSR count). The van der Waals surface area contributed by atoms with Gasteiger partial charge in [0.15, 0.2) is 0 Å². The SMILES string of the molecule is CNc1c(NC(=O)c2ccc3nn(CC(C)(C)O)cc3c2)c(=O)n(-c2ccccc2)c2nc(C(F)(F)F)ccc12. The first-order valence-electron chi connectivity index (χ1n) is 12.3. The molecule has 0 aliphatic heterocycles. The van der Waals surface area contributed by atoms with Crippen molar-refractivity contribution in [2.45, 2.75) is 32.2 Å². The van der Waals surface area contributed by atoms with Crippen LogP contribution in [0.2, 0.25) is 0 Å². The number of alkyl halides is 3. The van der Waals surface area contributed by atoms with Crippen LogP contribution in [0.4, 0.5) is 24.5 Å². The molecule has 0 atom stereocenters. The predicted molar refractivity (Wildman–Crippen MR) is 146 cm³/mol. The van der Waals surface area contributed by atoms with E-state index in [-0.39, 0.29) is 40.2 Å². The molecule has 3 aromatic heterocycles. The standard InChI is InChI=1S/C28H25F3N6O3/c1-27(2,40)15-36-14-17-13-16(9-11-20(17)35-36)25(38)34-23-22(32-3)19-10-12-21(28(29,30)31)33-24(19)37(26(23)39)18-7-5-4-6-8-18/h4-14,32,40H,15H2,1-3H3,(H,34,38). The Morgan fingerprint density at radius 1 is 1.02 bits per heavy atom. The highest BCUT2D eigenvalue weighted by atomic mass is 19.4. The number of nitrogens with zero attached hydrogens (tertiary/aromatic N) is 4. The van der Waals surface area contributed by atoms with Crippen LogP contribution in [0.1, 0.15) is 29.9 Å². The summed E-state index contributed by atoms with van der Waals surface area (Å²) in [6.07, 6.45) is -3.02. The van der Waals surface area contributed by atoms with Gasteiger partial charge in [-0.3, -0.25) is 18.8 Å². The third-order valence-electron chi connectivity index (χ3n) is 6.18. The average molecular weight is 551 g/mol. The Morgan fingerprint density at radius 2 is 1.75 bits per heavy atom. The second kappa shape index (κ2) is 9.79. The highest BCUT2D eigenvalue weighted by Crippen LogP contribution is 2.34. The number of benzene rings is 2. The van der Waals surface area contributed by atoms with Crippen LogP contribution in [0.25, 0.3) is 27.6 Å². The number of para-hydroxylation sites is 1. The number of fused-ring (bicyclic) bond motifs is 2. The van der Waals surface area contributed by atoms with Gasteiger partial charge < -0.3 is 15.7 Å². The topological polar surface area (TPSA) is 114 Å². The zero-order chi connectivity index (χ0) is 28.8. The summed E-state index contributed by atoms with van der Waals surface area (Å²) in [4.78, 5) is 30.9. The highest BCUT2D eigenvalue weighted by Gasteiger charge is 2.33. The summed E-state index contributed by atoms with van der Waals surface area (Å²) in [5.74, 6) is -0.607. The van der Waals surface area contributed by atoms with E-state index in [0.717, 1.165) is 10.6 Å². The van der Waals surface area contributed by atoms with Crippen LogP contribution in [-0.4, -0.2) is 43.0 Å². The number of amides is 1. The molecule has 40 heavy (non-hydrogen) atoms. The fourth-order valence-electron chi connectivity index (χ4n) is 4.49. The van der Waals surface area contributed by atoms with Gasteiger partial charge in [-0.1, -0.05) is 18.2 Å². The first-order chi connectivity index (χ1) is 18.9. The Labute approximate surface area is 225 Å². The normalized spacial score (nSPS) is 12.2. The van der Waals surface area contributed by atoms with Crippen LogP contribution >= 0.6 is 0 Å². The van der Waals surface area contributed by atoms with Crippen molar-refractivity contribution in [2.24, 2.45) is 0 Å². The number of carbonyl (C=O) groups excluding carboxylic acids is 1. The van der Waals surface area contributed by atoms with Gasteiger partial charge in [0, 0.05) is 29.6 Å². The maximum Gasteiger partial charge on any atom is 0.433 e. The number of hydrogen-bond acceptors (Lipinski definition) is 6. The molecule has 1 amide bonds. The average Bonchev–Trinajstić information content (AvgIpc) is 3.28. The van der Waals surface area contributed by atoms with E-state index >= 15 is 0 Å². The summed E-state index contributed by atoms with van der Waals surface area (Å²) in [5, 5.41) is 20.8. The molecule has 3 heterocycles. The van der Waals surface area contributed by atoms with E-state index < -0.39 is 28.9 Å². The molecule has 0 spiro atoms. The minimum absolute atomic E-state index is 0.126. The van der Waals surface area contributed by atoms with E-state index in [4.69, 9.17) is 0 Å². The first-order valence-corrected chi connectivity index (χ1v) is 12.3. The summed E-state index contributed by atoms with van der Waals surface area (Å²) in [6, 6.07) is 14.9. The molecule has 2 aromatic carbocycles. The second-order valence-electron chi connectivity index (χ2n) is 9.91. The van der Waals surface area contributed by atoms with E-state index in [0.29, 0.717) is 10.9 Å². The van der Waals surface area contributed by atoms with Gasteiger partial charge in [-0.05, 0) is 56.3 Å². The van der Waals surface area contributed by atoms with Crippen molar-refractivity contribution in [1.29, 1.82) is 0 Å². The molecule has 12 heteroatoms. The van der Waals surface area contributed by atoms with Gasteiger partial charge in [0.25, 0.3) is 11.5 Å². The molecule has 0 radical (unpaired) electrons. The third-order valence-corrected chi connectivity index (χ3v) is 6.18. The fourth-order valence-corrected chi connectivity index (χ4v) is 4.49. The highest BCUT2D eigenvalue weighted by molar-refractivity contribution is 6.10. The minimum Gasteiger partial charge on any atom is -0.389 e. The quantitative estimate of drug-likeness (QED) is 0.279. The fraction of sp³-hybridized carbons (Fsp3) is 0.214. The second-order valence-corrected chi connectivity index (χ2v) is 9.91. The Hall–Kier alpha value is -4.71. The number of aliphatic hydroxyl groups is 1. The van der Waals surface area contributed by atoms with Gasteiger partial charge in [0.05, 0.1) is 29.0 Å². The predicted octanol–water partition coefficient (Wildman–Crippen LogP) is 4.82. The van der Waals surface area contributed by atoms with Crippen molar-refractivity contribution in [3.8, 4) is 5.69 Å². The van der Waals surface area contributed by atoms with Gasteiger partial charge in [-0.2, -0.15) is 18.3 Å². The molecular formula is C28H25F3N6O3. The smallest absolute Gasteiger partial charge is 0.389 e. The van der Waals surface area contributed by atoms with Crippen molar-refractivity contribution in [2.75, 3.05) is 17.7 Å². The van der Waals surface area contributed by atoms with Gasteiger partial charge in [-0.25, -0.2) is 4.98 Å². The lowest BCUT2D eigenvalue weighted by atomic mass is 10.1. The number of rotatable bonds is 6. The number of pyridine rings is 2. The lowest BCUT2D eigenvalue weighted by Crippen LogP contribution is -2.27. The molecule has 9 nitrogen and oxygen atoms in total. The number of anilines is 2. The molecular weight excluding hydrogens is 525 g/mol. The minimum atomic E-state index is -4.72. The molecule has 0 bridgehead atoms. The number of carbonyl (C=O) groups is 1. The maximum absolute atomic E-state index is 13.8. The Morgan fingerprint density at radius 3 is 2.40 bits per heavy atom. The Balaban J connectivity index is 1.63. The van der Waals surface area contributed by atoms with Crippen LogP contribution in [0, 0.1) is 0 Å². The van der Waals surface area contributed by atoms with E-state index in [9.17, 15) is 27.9 Å². The van der Waals surface area contributed by atoms with E-state index in [2.05, 4.69) is 20.7 Å². The third kappa shape index (κ3) is 5.13. The first kappa shape index (κ1) is 26.9. The molecule has 0 saturated heterocycles. The summed E-state index contributed by atoms with van der Waals surface area (Å²) in [5.41, 5.74) is -2.02. The molecule has 0 unspecified atom stereocenters. The number of aromatic nitrogens is 4. The van der Waals surface area contributed by atoms with Crippen LogP contribution < -0.4 is 16.2 Å². The van der Waals surface area contributed by atoms with Crippen LogP contribution in [0.5, 0.6) is 0 Å².